The molecule has 0 heterocycles. The van der Waals surface area contributed by atoms with Gasteiger partial charge in [-0.25, -0.2) is 0 Å². The Morgan fingerprint density at radius 3 is 2.17 bits per heavy atom. The zero-order valence-electron chi connectivity index (χ0n) is 9.62. The van der Waals surface area contributed by atoms with E-state index in [1.807, 2.05) is 12.1 Å². The van der Waals surface area contributed by atoms with Crippen molar-refractivity contribution in [2.75, 3.05) is 0 Å². The molecule has 0 aromatic heterocycles. The fraction of sp³-hybridized carbons (Fsp3) is 0.462. The monoisotopic (exact) mass is 285 g/mol. The smallest absolute Gasteiger partial charge is 0.321 e. The Kier molecular flexibility index (Phi) is 2.47. The van der Waals surface area contributed by atoms with Crippen LogP contribution in [0, 0.1) is 5.41 Å². The third-order valence-corrected chi connectivity index (χ3v) is 4.91. The fourth-order valence-corrected chi connectivity index (χ4v) is 4.15. The number of halogens is 2. The quantitative estimate of drug-likeness (QED) is 0.898. The maximum atomic E-state index is 10.9. The molecule has 5 heteroatoms. The summed E-state index contributed by atoms with van der Waals surface area (Å²) in [6.45, 7) is 0. The number of rotatable bonds is 3. The van der Waals surface area contributed by atoms with Crippen LogP contribution >= 0.6 is 23.2 Å². The van der Waals surface area contributed by atoms with E-state index in [2.05, 4.69) is 0 Å². The molecule has 3 fully saturated rings. The molecule has 0 radical (unpaired) electrons. The van der Waals surface area contributed by atoms with Crippen molar-refractivity contribution in [2.45, 2.75) is 30.7 Å². The second kappa shape index (κ2) is 3.62. The predicted octanol–water partition coefficient (Wildman–Crippen LogP) is 2.83. The van der Waals surface area contributed by atoms with Gasteiger partial charge in [-0.3, -0.25) is 4.79 Å². The summed E-state index contributed by atoms with van der Waals surface area (Å²) in [4.78, 5) is 10.9. The van der Waals surface area contributed by atoms with Gasteiger partial charge in [0.15, 0.2) is 0 Å². The van der Waals surface area contributed by atoms with E-state index < -0.39 is 12.0 Å². The van der Waals surface area contributed by atoms with E-state index in [1.165, 1.54) is 0 Å². The van der Waals surface area contributed by atoms with Gasteiger partial charge in [0.25, 0.3) is 0 Å². The molecule has 96 valence electrons. The minimum absolute atomic E-state index is 0.0572. The number of carboxylic acid groups (broad SMARTS) is 1. The summed E-state index contributed by atoms with van der Waals surface area (Å²) >= 11 is 12.0. The van der Waals surface area contributed by atoms with Crippen LogP contribution in [-0.2, 0) is 10.2 Å². The third kappa shape index (κ3) is 1.51. The number of carbonyl (C=O) groups is 1. The molecule has 4 rings (SSSR count). The van der Waals surface area contributed by atoms with Crippen LogP contribution in [0.3, 0.4) is 0 Å². The van der Waals surface area contributed by atoms with E-state index in [-0.39, 0.29) is 10.8 Å². The van der Waals surface area contributed by atoms with Gasteiger partial charge in [0.2, 0.25) is 0 Å². The SMILES string of the molecule is NC(C(=O)O)C12CC(c3cc(Cl)cc(Cl)c3)(C1)C2. The molecule has 3 N–H and O–H groups in total. The fourth-order valence-electron chi connectivity index (χ4n) is 3.62. The topological polar surface area (TPSA) is 63.3 Å². The third-order valence-electron chi connectivity index (χ3n) is 4.47. The van der Waals surface area contributed by atoms with Crippen LogP contribution in [0.1, 0.15) is 24.8 Å². The van der Waals surface area contributed by atoms with Crippen LogP contribution < -0.4 is 5.73 Å². The van der Waals surface area contributed by atoms with Crippen molar-refractivity contribution in [1.82, 2.24) is 0 Å². The van der Waals surface area contributed by atoms with Crippen molar-refractivity contribution in [3.05, 3.63) is 33.8 Å². The maximum absolute atomic E-state index is 10.9. The molecule has 3 aliphatic carbocycles. The Bertz CT molecular complexity index is 504. The average molecular weight is 286 g/mol. The summed E-state index contributed by atoms with van der Waals surface area (Å²) in [6.07, 6.45) is 2.47. The number of aliphatic carboxylic acids is 1. The Hall–Kier alpha value is -0.770. The molecule has 0 aliphatic heterocycles. The molecule has 3 aliphatic rings. The van der Waals surface area contributed by atoms with Crippen molar-refractivity contribution in [2.24, 2.45) is 11.1 Å². The molecule has 0 amide bonds. The van der Waals surface area contributed by atoms with Gasteiger partial charge in [0.1, 0.15) is 6.04 Å². The largest absolute Gasteiger partial charge is 0.480 e. The molecule has 1 aromatic rings. The second-order valence-corrected chi connectivity index (χ2v) is 6.52. The lowest BCUT2D eigenvalue weighted by atomic mass is 9.31. The molecule has 2 bridgehead atoms. The first-order chi connectivity index (χ1) is 8.37. The van der Waals surface area contributed by atoms with Gasteiger partial charge in [-0.2, -0.15) is 0 Å². The van der Waals surface area contributed by atoms with E-state index in [0.717, 1.165) is 24.8 Å². The van der Waals surface area contributed by atoms with E-state index in [4.69, 9.17) is 34.0 Å². The summed E-state index contributed by atoms with van der Waals surface area (Å²) < 4.78 is 0. The minimum atomic E-state index is -0.910. The number of hydrogen-bond acceptors (Lipinski definition) is 2. The summed E-state index contributed by atoms with van der Waals surface area (Å²) in [5, 5.41) is 10.2. The van der Waals surface area contributed by atoms with Crippen molar-refractivity contribution in [3.63, 3.8) is 0 Å². The van der Waals surface area contributed by atoms with Gasteiger partial charge in [0, 0.05) is 10.0 Å². The molecule has 3 saturated carbocycles. The molecule has 18 heavy (non-hydrogen) atoms. The standard InChI is InChI=1S/C13H13Cl2NO2/c14-8-1-7(2-9(15)3-8)12-4-13(5-12,6-12)10(16)11(17)18/h1-3,10H,4-6,16H2,(H,17,18). The molecule has 3 nitrogen and oxygen atoms in total. The first kappa shape index (κ1) is 12.3. The Balaban J connectivity index is 1.82. The van der Waals surface area contributed by atoms with Crippen molar-refractivity contribution >= 4 is 29.2 Å². The van der Waals surface area contributed by atoms with Gasteiger partial charge < -0.3 is 10.8 Å². The van der Waals surface area contributed by atoms with Crippen molar-refractivity contribution < 1.29 is 9.90 Å². The first-order valence-corrected chi connectivity index (χ1v) is 6.58. The average Bonchev–Trinajstić information content (AvgIpc) is 2.11. The lowest BCUT2D eigenvalue weighted by molar-refractivity contribution is -0.178. The van der Waals surface area contributed by atoms with Gasteiger partial charge in [-0.15, -0.1) is 0 Å². The Morgan fingerprint density at radius 2 is 1.72 bits per heavy atom. The normalized spacial score (nSPS) is 34.4. The van der Waals surface area contributed by atoms with Crippen LogP contribution in [0.2, 0.25) is 10.0 Å². The van der Waals surface area contributed by atoms with E-state index in [1.54, 1.807) is 6.07 Å². The molecule has 1 atom stereocenters. The molecule has 0 spiro atoms. The van der Waals surface area contributed by atoms with E-state index in [9.17, 15) is 4.79 Å². The highest BCUT2D eigenvalue weighted by atomic mass is 35.5. The lowest BCUT2D eigenvalue weighted by Crippen LogP contribution is -2.72. The summed E-state index contributed by atoms with van der Waals surface area (Å²) in [5.74, 6) is -0.910. The van der Waals surface area contributed by atoms with Crippen molar-refractivity contribution in [1.29, 1.82) is 0 Å². The highest BCUT2D eigenvalue weighted by Crippen LogP contribution is 2.74. The van der Waals surface area contributed by atoms with Crippen LogP contribution in [0.15, 0.2) is 18.2 Å². The highest BCUT2D eigenvalue weighted by molar-refractivity contribution is 6.34. The van der Waals surface area contributed by atoms with Gasteiger partial charge in [-0.05, 0) is 53.9 Å². The molecular weight excluding hydrogens is 273 g/mol. The molecule has 1 aromatic carbocycles. The molecule has 1 unspecified atom stereocenters. The van der Waals surface area contributed by atoms with Crippen LogP contribution in [0.5, 0.6) is 0 Å². The molecule has 0 saturated heterocycles. The lowest BCUT2D eigenvalue weighted by Gasteiger charge is -2.72. The van der Waals surface area contributed by atoms with Crippen LogP contribution in [0.25, 0.3) is 0 Å². The predicted molar refractivity (Wildman–Crippen MR) is 70.0 cm³/mol. The zero-order chi connectivity index (χ0) is 13.1. The van der Waals surface area contributed by atoms with Crippen LogP contribution in [-0.4, -0.2) is 17.1 Å². The van der Waals surface area contributed by atoms with Gasteiger partial charge >= 0.3 is 5.97 Å². The van der Waals surface area contributed by atoms with E-state index >= 15 is 0 Å². The zero-order valence-corrected chi connectivity index (χ0v) is 11.1. The number of nitrogens with two attached hydrogens (primary N) is 1. The Labute approximate surface area is 115 Å². The number of benzene rings is 1. The van der Waals surface area contributed by atoms with Gasteiger partial charge in [0.05, 0.1) is 0 Å². The summed E-state index contributed by atoms with van der Waals surface area (Å²) in [6, 6.07) is 4.79. The van der Waals surface area contributed by atoms with Crippen LogP contribution in [0.4, 0.5) is 0 Å². The Morgan fingerprint density at radius 1 is 1.22 bits per heavy atom. The summed E-state index contributed by atoms with van der Waals surface area (Å²) in [5.41, 5.74) is 6.70. The number of carboxylic acids is 1. The maximum Gasteiger partial charge on any atom is 0.321 e. The first-order valence-electron chi connectivity index (χ1n) is 5.82. The second-order valence-electron chi connectivity index (χ2n) is 5.65. The molecular formula is C13H13Cl2NO2. The van der Waals surface area contributed by atoms with Gasteiger partial charge in [-0.1, -0.05) is 23.2 Å². The minimum Gasteiger partial charge on any atom is -0.480 e. The number of hydrogen-bond donors (Lipinski definition) is 2. The van der Waals surface area contributed by atoms with Crippen molar-refractivity contribution in [3.8, 4) is 0 Å². The summed E-state index contributed by atoms with van der Waals surface area (Å²) in [7, 11) is 0. The van der Waals surface area contributed by atoms with E-state index in [0.29, 0.717) is 10.0 Å². The highest BCUT2D eigenvalue weighted by Gasteiger charge is 2.71.